The summed E-state index contributed by atoms with van der Waals surface area (Å²) in [5, 5.41) is 0. The molecule has 2 aliphatic heterocycles. The fourth-order valence-corrected chi connectivity index (χ4v) is 4.05. The van der Waals surface area contributed by atoms with Crippen LogP contribution in [0.4, 0.5) is 20.7 Å². The molecule has 2 N–H and O–H groups in total. The topological polar surface area (TPSA) is 109 Å². The van der Waals surface area contributed by atoms with Gasteiger partial charge in [0.05, 0.1) is 18.4 Å². The lowest BCUT2D eigenvalue weighted by Gasteiger charge is -2.24. The average Bonchev–Trinajstić information content (AvgIpc) is 3.07. The molecule has 9 heteroatoms. The smallest absolute Gasteiger partial charge is 0.434 e. The van der Waals surface area contributed by atoms with Crippen LogP contribution in [0.5, 0.6) is 0 Å². The molecular weight excluding hydrogens is 415 g/mol. The molecule has 0 radical (unpaired) electrons. The second kappa shape index (κ2) is 11.2. The van der Waals surface area contributed by atoms with Crippen LogP contribution in [0.2, 0.25) is 0 Å². The zero-order valence-corrected chi connectivity index (χ0v) is 18.5. The molecule has 0 aromatic carbocycles. The van der Waals surface area contributed by atoms with Gasteiger partial charge < -0.3 is 19.9 Å². The van der Waals surface area contributed by atoms with Gasteiger partial charge >= 0.3 is 12.2 Å². The zero-order chi connectivity index (χ0) is 23.0. The van der Waals surface area contributed by atoms with Crippen molar-refractivity contribution in [3.05, 3.63) is 11.8 Å². The summed E-state index contributed by atoms with van der Waals surface area (Å²) in [6, 6.07) is 0. The van der Waals surface area contributed by atoms with Crippen LogP contribution in [0.15, 0.2) is 4.99 Å². The number of carbonyl (C=O) groups is 1. The molecule has 3 rings (SSSR count). The van der Waals surface area contributed by atoms with Crippen molar-refractivity contribution in [2.75, 3.05) is 18.9 Å². The first-order chi connectivity index (χ1) is 15.4. The van der Waals surface area contributed by atoms with Gasteiger partial charge in [0, 0.05) is 6.21 Å². The first kappa shape index (κ1) is 23.9. The third-order valence-corrected chi connectivity index (χ3v) is 5.85. The van der Waals surface area contributed by atoms with Crippen molar-refractivity contribution >= 4 is 23.9 Å². The summed E-state index contributed by atoms with van der Waals surface area (Å²) in [4.78, 5) is 23.6. The minimum atomic E-state index is -0.949. The number of fused-ring (bicyclic) bond motifs is 1. The van der Waals surface area contributed by atoms with E-state index in [9.17, 15) is 9.18 Å². The molecule has 174 valence electrons. The lowest BCUT2D eigenvalue weighted by atomic mass is 9.95. The molecule has 1 fully saturated rings. The third kappa shape index (κ3) is 6.39. The van der Waals surface area contributed by atoms with Gasteiger partial charge in [-0.15, -0.1) is 6.42 Å². The van der Waals surface area contributed by atoms with E-state index < -0.39 is 17.8 Å². The largest absolute Gasteiger partial charge is 0.508 e. The van der Waals surface area contributed by atoms with Crippen molar-refractivity contribution in [3.8, 4) is 12.3 Å². The van der Waals surface area contributed by atoms with Crippen LogP contribution < -0.4 is 5.73 Å². The number of aliphatic imine (C=N–C) groups is 1. The van der Waals surface area contributed by atoms with Crippen LogP contribution in [-0.4, -0.2) is 47.3 Å². The number of nitrogens with zero attached hydrogens (tertiary/aromatic N) is 3. The van der Waals surface area contributed by atoms with Crippen molar-refractivity contribution in [2.24, 2.45) is 10.9 Å². The van der Waals surface area contributed by atoms with E-state index in [4.69, 9.17) is 26.4 Å². The highest BCUT2D eigenvalue weighted by molar-refractivity contribution is 5.73. The first-order valence-electron chi connectivity index (χ1n) is 11.3. The normalized spacial score (nSPS) is 24.4. The van der Waals surface area contributed by atoms with Gasteiger partial charge in [0.15, 0.2) is 11.4 Å². The minimum absolute atomic E-state index is 0.0383. The number of ether oxygens (including phenoxy) is 3. The molecule has 8 nitrogen and oxygen atoms in total. The van der Waals surface area contributed by atoms with Crippen molar-refractivity contribution < 1.29 is 23.4 Å². The highest BCUT2D eigenvalue weighted by Crippen LogP contribution is 2.35. The molecule has 0 bridgehead atoms. The molecule has 3 heterocycles. The number of aromatic nitrogens is 2. The van der Waals surface area contributed by atoms with Crippen molar-refractivity contribution in [3.63, 3.8) is 0 Å². The van der Waals surface area contributed by atoms with Crippen LogP contribution in [-0.2, 0) is 20.6 Å². The molecule has 0 amide bonds. The third-order valence-electron chi connectivity index (χ3n) is 5.85. The van der Waals surface area contributed by atoms with E-state index in [1.165, 1.54) is 0 Å². The number of aryl methyl sites for hydroxylation is 1. The molecular formula is C23H31FN4O4. The summed E-state index contributed by atoms with van der Waals surface area (Å²) >= 11 is 0. The Morgan fingerprint density at radius 2 is 2.19 bits per heavy atom. The van der Waals surface area contributed by atoms with Crippen molar-refractivity contribution in [1.82, 2.24) is 9.97 Å². The Balaban J connectivity index is 1.47. The van der Waals surface area contributed by atoms with Crippen LogP contribution >= 0.6 is 0 Å². The monoisotopic (exact) mass is 446 g/mol. The number of rotatable bonds is 9. The predicted octanol–water partition coefficient (Wildman–Crippen LogP) is 4.14. The second-order valence-electron chi connectivity index (χ2n) is 8.35. The minimum Gasteiger partial charge on any atom is -0.434 e. The maximum Gasteiger partial charge on any atom is 0.508 e. The highest BCUT2D eigenvalue weighted by atomic mass is 19.1. The Bertz CT molecular complexity index is 872. The molecule has 0 saturated carbocycles. The van der Waals surface area contributed by atoms with Gasteiger partial charge in [-0.25, -0.2) is 9.78 Å². The number of terminal acetylenes is 1. The van der Waals surface area contributed by atoms with Crippen molar-refractivity contribution in [1.29, 1.82) is 0 Å². The second-order valence-corrected chi connectivity index (χ2v) is 8.35. The fourth-order valence-electron chi connectivity index (χ4n) is 4.05. The molecule has 1 aromatic heterocycles. The summed E-state index contributed by atoms with van der Waals surface area (Å²) in [6.07, 6.45) is 13.2. The molecule has 0 spiro atoms. The number of halogens is 1. The number of carbonyl (C=O) groups excluding carboxylic acids is 1. The maximum atomic E-state index is 13.4. The molecule has 1 aromatic rings. The Labute approximate surface area is 188 Å². The number of unbranched alkanes of at least 4 members (excludes halogenated alkanes) is 3. The summed E-state index contributed by atoms with van der Waals surface area (Å²) in [5.74, 6) is 2.80. The quantitative estimate of drug-likeness (QED) is 0.263. The summed E-state index contributed by atoms with van der Waals surface area (Å²) < 4.78 is 29.9. The highest BCUT2D eigenvalue weighted by Gasteiger charge is 2.41. The Morgan fingerprint density at radius 3 is 2.97 bits per heavy atom. The van der Waals surface area contributed by atoms with Gasteiger partial charge in [0.1, 0.15) is 12.3 Å². The maximum absolute atomic E-state index is 13.4. The van der Waals surface area contributed by atoms with E-state index in [-0.39, 0.29) is 24.4 Å². The van der Waals surface area contributed by atoms with E-state index in [0.29, 0.717) is 37.3 Å². The SMILES string of the molecule is C#C[C@@]1(COC(=O)OCCCCCC)CC[C@H](CC2C=Nc3c(N)nc(F)nc3CC2)O1. The standard InChI is InChI=1S/C23H31FN4O4/c1-3-5-6-7-12-30-22(29)31-15-23(4-2)11-10-17(32-23)13-16-8-9-18-19(26-14-16)20(25)28-21(24)27-18/h2,14,16-17H,3,5-13,15H2,1H3,(H2,25,27,28)/t16?,17-,23+/m1/s1. The Hall–Kier alpha value is -2.73. The van der Waals surface area contributed by atoms with Gasteiger partial charge in [0.25, 0.3) is 0 Å². The molecule has 0 aliphatic carbocycles. The lowest BCUT2D eigenvalue weighted by Crippen LogP contribution is -2.35. The van der Waals surface area contributed by atoms with Gasteiger partial charge in [-0.3, -0.25) is 4.99 Å². The van der Waals surface area contributed by atoms with Gasteiger partial charge in [-0.05, 0) is 44.4 Å². The van der Waals surface area contributed by atoms with E-state index in [0.717, 1.165) is 38.5 Å². The van der Waals surface area contributed by atoms with E-state index in [1.54, 1.807) is 6.21 Å². The van der Waals surface area contributed by atoms with Crippen LogP contribution in [0, 0.1) is 24.3 Å². The first-order valence-corrected chi connectivity index (χ1v) is 11.3. The number of nitrogens with two attached hydrogens (primary N) is 1. The fraction of sp³-hybridized carbons (Fsp3) is 0.652. The van der Waals surface area contributed by atoms with Crippen LogP contribution in [0.3, 0.4) is 0 Å². The molecule has 2 aliphatic rings. The van der Waals surface area contributed by atoms with E-state index in [2.05, 4.69) is 27.8 Å². The molecule has 1 unspecified atom stereocenters. The molecule has 32 heavy (non-hydrogen) atoms. The van der Waals surface area contributed by atoms with E-state index >= 15 is 0 Å². The Kier molecular flexibility index (Phi) is 8.39. The summed E-state index contributed by atoms with van der Waals surface area (Å²) in [6.45, 7) is 2.42. The summed E-state index contributed by atoms with van der Waals surface area (Å²) in [5.41, 5.74) is 5.78. The van der Waals surface area contributed by atoms with Crippen molar-refractivity contribution in [2.45, 2.75) is 76.4 Å². The van der Waals surface area contributed by atoms with Gasteiger partial charge in [0.2, 0.25) is 0 Å². The summed E-state index contributed by atoms with van der Waals surface area (Å²) in [7, 11) is 0. The van der Waals surface area contributed by atoms with Crippen LogP contribution in [0.25, 0.3) is 0 Å². The van der Waals surface area contributed by atoms with Gasteiger partial charge in [-0.1, -0.05) is 32.1 Å². The lowest BCUT2D eigenvalue weighted by molar-refractivity contribution is -0.0552. The van der Waals surface area contributed by atoms with E-state index in [1.807, 2.05) is 0 Å². The molecule has 1 saturated heterocycles. The molecule has 3 atom stereocenters. The van der Waals surface area contributed by atoms with Crippen LogP contribution in [0.1, 0.15) is 64.0 Å². The zero-order valence-electron chi connectivity index (χ0n) is 18.5. The number of hydrogen-bond donors (Lipinski definition) is 1. The number of hydrogen-bond acceptors (Lipinski definition) is 8. The predicted molar refractivity (Wildman–Crippen MR) is 118 cm³/mol. The number of anilines is 1. The number of nitrogen functional groups attached to an aromatic ring is 1. The van der Waals surface area contributed by atoms with Gasteiger partial charge in [-0.2, -0.15) is 9.37 Å². The Morgan fingerprint density at radius 1 is 1.34 bits per heavy atom. The average molecular weight is 447 g/mol.